The molecule has 0 unspecified atom stereocenters. The number of rotatable bonds is 5. The van der Waals surface area contributed by atoms with Gasteiger partial charge in [0, 0.05) is 16.0 Å². The van der Waals surface area contributed by atoms with E-state index >= 15 is 0 Å². The van der Waals surface area contributed by atoms with Crippen LogP contribution in [0, 0.1) is 0 Å². The van der Waals surface area contributed by atoms with E-state index in [1.165, 1.54) is 4.68 Å². The maximum absolute atomic E-state index is 13.2. The summed E-state index contributed by atoms with van der Waals surface area (Å²) in [5, 5.41) is 10.4. The highest BCUT2D eigenvalue weighted by molar-refractivity contribution is 6.30. The zero-order valence-corrected chi connectivity index (χ0v) is 17.8. The summed E-state index contributed by atoms with van der Waals surface area (Å²) in [6, 6.07) is 21.5. The highest BCUT2D eigenvalue weighted by atomic mass is 35.5. The molecule has 8 heteroatoms. The van der Waals surface area contributed by atoms with Crippen LogP contribution in [0.3, 0.4) is 0 Å². The molecule has 0 atom stereocenters. The quantitative estimate of drug-likeness (QED) is 0.372. The van der Waals surface area contributed by atoms with Gasteiger partial charge in [0.15, 0.2) is 5.69 Å². The normalized spacial score (nSPS) is 11.1. The number of ether oxygens (including phenoxy) is 1. The van der Waals surface area contributed by atoms with E-state index in [0.29, 0.717) is 39.6 Å². The van der Waals surface area contributed by atoms with Crippen LogP contribution in [0.5, 0.6) is 5.75 Å². The molecule has 0 N–H and O–H groups in total. The molecular weight excluding hydrogens is 428 g/mol. The molecule has 0 spiro atoms. The predicted octanol–water partition coefficient (Wildman–Crippen LogP) is 5.15. The van der Waals surface area contributed by atoms with Gasteiger partial charge < -0.3 is 9.26 Å². The summed E-state index contributed by atoms with van der Waals surface area (Å²) in [7, 11) is 0. The van der Waals surface area contributed by atoms with E-state index < -0.39 is 0 Å². The molecule has 0 radical (unpaired) electrons. The van der Waals surface area contributed by atoms with Gasteiger partial charge in [0.1, 0.15) is 5.75 Å². The maximum atomic E-state index is 13.2. The van der Waals surface area contributed by atoms with Gasteiger partial charge in [-0.05, 0) is 61.5 Å². The first kappa shape index (κ1) is 20.0. The molecule has 0 bridgehead atoms. The van der Waals surface area contributed by atoms with Crippen molar-refractivity contribution in [2.75, 3.05) is 6.61 Å². The van der Waals surface area contributed by atoms with Crippen LogP contribution in [0.2, 0.25) is 5.02 Å². The van der Waals surface area contributed by atoms with Crippen LogP contribution in [0.15, 0.2) is 82.1 Å². The van der Waals surface area contributed by atoms with Crippen LogP contribution >= 0.6 is 11.6 Å². The second kappa shape index (κ2) is 8.28. The number of aromatic nitrogens is 4. The van der Waals surface area contributed by atoms with E-state index in [2.05, 4.69) is 15.2 Å². The highest BCUT2D eigenvalue weighted by Crippen LogP contribution is 2.27. The number of hydrogen-bond acceptors (Lipinski definition) is 6. The standard InChI is InChI=1S/C24H17ClN4O3/c1-2-31-18-13-11-17(12-14-18)29-24(30)20-6-4-3-5-19(20)21(27-29)23-26-22(28-32-23)15-7-9-16(25)10-8-15/h3-14H,2H2,1H3. The molecule has 0 aliphatic heterocycles. The van der Waals surface area contributed by atoms with E-state index in [0.717, 1.165) is 11.3 Å². The molecule has 2 aromatic heterocycles. The number of nitrogens with zero attached hydrogens (tertiary/aromatic N) is 4. The third-order valence-electron chi connectivity index (χ3n) is 4.93. The van der Waals surface area contributed by atoms with E-state index in [4.69, 9.17) is 20.9 Å². The molecule has 0 saturated carbocycles. The number of fused-ring (bicyclic) bond motifs is 1. The van der Waals surface area contributed by atoms with Crippen molar-refractivity contribution in [3.63, 3.8) is 0 Å². The third kappa shape index (κ3) is 3.63. The molecule has 3 aromatic carbocycles. The Labute approximate surface area is 187 Å². The molecular formula is C24H17ClN4O3. The number of halogens is 1. The predicted molar refractivity (Wildman–Crippen MR) is 122 cm³/mol. The van der Waals surface area contributed by atoms with Gasteiger partial charge >= 0.3 is 0 Å². The van der Waals surface area contributed by atoms with Crippen LogP contribution in [0.4, 0.5) is 0 Å². The first-order valence-electron chi connectivity index (χ1n) is 9.99. The maximum Gasteiger partial charge on any atom is 0.279 e. The van der Waals surface area contributed by atoms with Gasteiger partial charge in [-0.1, -0.05) is 35.0 Å². The van der Waals surface area contributed by atoms with Crippen molar-refractivity contribution in [1.29, 1.82) is 0 Å². The van der Waals surface area contributed by atoms with Crippen molar-refractivity contribution in [2.24, 2.45) is 0 Å². The molecule has 0 fully saturated rings. The Hall–Kier alpha value is -3.97. The Morgan fingerprint density at radius 3 is 2.41 bits per heavy atom. The zero-order chi connectivity index (χ0) is 22.1. The van der Waals surface area contributed by atoms with Crippen molar-refractivity contribution in [2.45, 2.75) is 6.92 Å². The van der Waals surface area contributed by atoms with E-state index in [-0.39, 0.29) is 11.4 Å². The molecule has 5 rings (SSSR count). The van der Waals surface area contributed by atoms with Crippen LogP contribution in [0.1, 0.15) is 6.92 Å². The summed E-state index contributed by atoms with van der Waals surface area (Å²) in [6.45, 7) is 2.48. The lowest BCUT2D eigenvalue weighted by molar-refractivity contribution is 0.340. The minimum absolute atomic E-state index is 0.214. The first-order valence-corrected chi connectivity index (χ1v) is 10.4. The van der Waals surface area contributed by atoms with Gasteiger partial charge in [0.05, 0.1) is 17.7 Å². The fourth-order valence-electron chi connectivity index (χ4n) is 3.41. The Balaban J connectivity index is 1.66. The van der Waals surface area contributed by atoms with Crippen molar-refractivity contribution in [1.82, 2.24) is 19.9 Å². The van der Waals surface area contributed by atoms with Crippen molar-refractivity contribution in [3.8, 4) is 34.4 Å². The zero-order valence-electron chi connectivity index (χ0n) is 17.0. The average molecular weight is 445 g/mol. The summed E-state index contributed by atoms with van der Waals surface area (Å²) >= 11 is 5.97. The van der Waals surface area contributed by atoms with Gasteiger partial charge in [-0.2, -0.15) is 14.8 Å². The Morgan fingerprint density at radius 1 is 0.969 bits per heavy atom. The van der Waals surface area contributed by atoms with E-state index in [1.54, 1.807) is 42.5 Å². The van der Waals surface area contributed by atoms with Crippen LogP contribution in [-0.2, 0) is 0 Å². The monoisotopic (exact) mass is 444 g/mol. The minimum atomic E-state index is -0.244. The van der Waals surface area contributed by atoms with Crippen molar-refractivity contribution in [3.05, 3.63) is 88.2 Å². The van der Waals surface area contributed by atoms with E-state index in [1.807, 2.05) is 37.3 Å². The minimum Gasteiger partial charge on any atom is -0.494 e. The van der Waals surface area contributed by atoms with Crippen LogP contribution in [0.25, 0.3) is 39.4 Å². The largest absolute Gasteiger partial charge is 0.494 e. The second-order valence-corrected chi connectivity index (χ2v) is 7.40. The summed E-state index contributed by atoms with van der Waals surface area (Å²) in [6.07, 6.45) is 0. The van der Waals surface area contributed by atoms with Gasteiger partial charge in [-0.3, -0.25) is 4.79 Å². The van der Waals surface area contributed by atoms with Gasteiger partial charge in [-0.15, -0.1) is 0 Å². The van der Waals surface area contributed by atoms with Gasteiger partial charge in [0.2, 0.25) is 5.82 Å². The number of benzene rings is 3. The molecule has 32 heavy (non-hydrogen) atoms. The molecule has 0 aliphatic carbocycles. The summed E-state index contributed by atoms with van der Waals surface area (Å²) < 4.78 is 12.4. The molecule has 2 heterocycles. The third-order valence-corrected chi connectivity index (χ3v) is 5.18. The smallest absolute Gasteiger partial charge is 0.279 e. The topological polar surface area (TPSA) is 83.0 Å². The fourth-order valence-corrected chi connectivity index (χ4v) is 3.53. The Morgan fingerprint density at radius 2 is 1.69 bits per heavy atom. The SMILES string of the molecule is CCOc1ccc(-n2nc(-c3nc(-c4ccc(Cl)cc4)no3)c3ccccc3c2=O)cc1. The summed E-state index contributed by atoms with van der Waals surface area (Å²) in [5.41, 5.74) is 1.53. The summed E-state index contributed by atoms with van der Waals surface area (Å²) in [4.78, 5) is 17.7. The first-order chi connectivity index (χ1) is 15.6. The lowest BCUT2D eigenvalue weighted by Gasteiger charge is -2.10. The van der Waals surface area contributed by atoms with Crippen LogP contribution < -0.4 is 10.3 Å². The molecule has 0 aliphatic rings. The Bertz CT molecular complexity index is 1460. The number of hydrogen-bond donors (Lipinski definition) is 0. The average Bonchev–Trinajstić information content (AvgIpc) is 3.31. The highest BCUT2D eigenvalue weighted by Gasteiger charge is 2.19. The molecule has 5 aromatic rings. The molecule has 158 valence electrons. The fraction of sp³-hybridized carbons (Fsp3) is 0.0833. The van der Waals surface area contributed by atoms with E-state index in [9.17, 15) is 4.79 Å². The van der Waals surface area contributed by atoms with Gasteiger partial charge in [-0.25, -0.2) is 0 Å². The van der Waals surface area contributed by atoms with Crippen molar-refractivity contribution < 1.29 is 9.26 Å². The van der Waals surface area contributed by atoms with Gasteiger partial charge in [0.25, 0.3) is 11.4 Å². The Kier molecular flexibility index (Phi) is 5.17. The second-order valence-electron chi connectivity index (χ2n) is 6.97. The molecule has 0 saturated heterocycles. The molecule has 7 nitrogen and oxygen atoms in total. The van der Waals surface area contributed by atoms with Crippen LogP contribution in [-0.4, -0.2) is 26.5 Å². The summed E-state index contributed by atoms with van der Waals surface area (Å²) in [5.74, 6) is 1.34. The lowest BCUT2D eigenvalue weighted by atomic mass is 10.1. The molecule has 0 amide bonds. The lowest BCUT2D eigenvalue weighted by Crippen LogP contribution is -2.22. The van der Waals surface area contributed by atoms with Crippen molar-refractivity contribution >= 4 is 22.4 Å².